The molecule has 0 aromatic heterocycles. The average Bonchev–Trinajstić information content (AvgIpc) is 2.41. The van der Waals surface area contributed by atoms with E-state index in [1.165, 1.54) is 18.2 Å². The Morgan fingerprint density at radius 1 is 1.10 bits per heavy atom. The molecule has 3 nitrogen and oxygen atoms in total. The lowest BCUT2D eigenvalue weighted by Gasteiger charge is -2.08. The molecule has 0 N–H and O–H groups in total. The number of hydrogen-bond donors (Lipinski definition) is 0. The second kappa shape index (κ2) is 5.77. The smallest absolute Gasteiger partial charge is 0.188 e. The Morgan fingerprint density at radius 3 is 2.43 bits per heavy atom. The fraction of sp³-hybridized carbons (Fsp3) is 0.188. The van der Waals surface area contributed by atoms with E-state index in [4.69, 9.17) is 0 Å². The molecule has 2 aromatic rings. The summed E-state index contributed by atoms with van der Waals surface area (Å²) < 4.78 is 37.9. The van der Waals surface area contributed by atoms with Crippen LogP contribution in [-0.4, -0.2) is 20.0 Å². The summed E-state index contributed by atoms with van der Waals surface area (Å²) in [6.45, 7) is 3.56. The first-order valence-electron chi connectivity index (χ1n) is 6.39. The van der Waals surface area contributed by atoms with E-state index in [0.717, 1.165) is 11.6 Å². The zero-order chi connectivity index (χ0) is 15.6. The quantitative estimate of drug-likeness (QED) is 0.816. The number of rotatable bonds is 4. The highest BCUT2D eigenvalue weighted by Gasteiger charge is 2.24. The van der Waals surface area contributed by atoms with Crippen molar-refractivity contribution in [2.24, 2.45) is 0 Å². The molecule has 2 rings (SSSR count). The zero-order valence-electron chi connectivity index (χ0n) is 11.8. The highest BCUT2D eigenvalue weighted by atomic mass is 32.2. The van der Waals surface area contributed by atoms with Crippen LogP contribution in [0.5, 0.6) is 0 Å². The van der Waals surface area contributed by atoms with Gasteiger partial charge in [-0.05, 0) is 37.6 Å². The lowest BCUT2D eigenvalue weighted by molar-refractivity contribution is 0.102. The minimum absolute atomic E-state index is 0.356. The summed E-state index contributed by atoms with van der Waals surface area (Å²) >= 11 is 0. The zero-order valence-corrected chi connectivity index (χ0v) is 12.6. The minimum Gasteiger partial charge on any atom is -0.293 e. The van der Waals surface area contributed by atoms with Crippen LogP contribution >= 0.6 is 0 Å². The Morgan fingerprint density at radius 2 is 1.76 bits per heavy atom. The molecule has 0 fully saturated rings. The van der Waals surface area contributed by atoms with Crippen molar-refractivity contribution in [2.45, 2.75) is 18.7 Å². The van der Waals surface area contributed by atoms with Gasteiger partial charge in [-0.1, -0.05) is 29.8 Å². The molecule has 0 bridgehead atoms. The van der Waals surface area contributed by atoms with E-state index in [9.17, 15) is 17.6 Å². The number of carbonyl (C=O) groups excluding carboxylic acids is 1. The maximum absolute atomic E-state index is 13.6. The highest BCUT2D eigenvalue weighted by Crippen LogP contribution is 2.18. The maximum Gasteiger partial charge on any atom is 0.188 e. The molecule has 2 aromatic carbocycles. The number of aryl methyl sites for hydroxylation is 2. The van der Waals surface area contributed by atoms with Gasteiger partial charge in [-0.2, -0.15) is 0 Å². The van der Waals surface area contributed by atoms with Crippen LogP contribution in [0.4, 0.5) is 4.39 Å². The van der Waals surface area contributed by atoms with Crippen LogP contribution in [-0.2, 0) is 9.84 Å². The van der Waals surface area contributed by atoms with E-state index in [1.807, 2.05) is 13.0 Å². The van der Waals surface area contributed by atoms with Gasteiger partial charge in [0.2, 0.25) is 0 Å². The molecule has 0 amide bonds. The highest BCUT2D eigenvalue weighted by molar-refractivity contribution is 7.92. The second-order valence-electron chi connectivity index (χ2n) is 4.93. The summed E-state index contributed by atoms with van der Waals surface area (Å²) in [5, 5.41) is 0. The van der Waals surface area contributed by atoms with Gasteiger partial charge in [-0.25, -0.2) is 12.8 Å². The van der Waals surface area contributed by atoms with Gasteiger partial charge in [0.1, 0.15) is 16.5 Å². The molecular formula is C16H15FO3S. The van der Waals surface area contributed by atoms with Crippen LogP contribution < -0.4 is 0 Å². The molecule has 5 heteroatoms. The van der Waals surface area contributed by atoms with E-state index in [0.29, 0.717) is 11.1 Å². The number of Topliss-reactive ketones (excluding diaryl/α,β-unsaturated/α-hetero) is 1. The third kappa shape index (κ3) is 3.36. The van der Waals surface area contributed by atoms with Crippen LogP contribution in [0.25, 0.3) is 0 Å². The minimum atomic E-state index is -3.99. The van der Waals surface area contributed by atoms with E-state index in [2.05, 4.69) is 0 Å². The first kappa shape index (κ1) is 15.4. The lowest BCUT2D eigenvalue weighted by atomic mass is 10.0. The third-order valence-corrected chi connectivity index (χ3v) is 4.83. The molecule has 0 saturated heterocycles. The molecule has 21 heavy (non-hydrogen) atoms. The van der Waals surface area contributed by atoms with E-state index in [1.54, 1.807) is 19.1 Å². The standard InChI is InChI=1S/C16H15FO3S/c1-11-7-8-12(2)13(9-11)15(18)10-21(19,20)16-6-4-3-5-14(16)17/h3-9H,10H2,1-2H3. The fourth-order valence-electron chi connectivity index (χ4n) is 2.06. The largest absolute Gasteiger partial charge is 0.293 e. The molecule has 0 unspecified atom stereocenters. The van der Waals surface area contributed by atoms with Crippen molar-refractivity contribution in [3.63, 3.8) is 0 Å². The molecule has 0 aliphatic rings. The van der Waals surface area contributed by atoms with Crippen LogP contribution in [0, 0.1) is 19.7 Å². The Labute approximate surface area is 123 Å². The van der Waals surface area contributed by atoms with Crippen LogP contribution in [0.3, 0.4) is 0 Å². The summed E-state index contributed by atoms with van der Waals surface area (Å²) in [6.07, 6.45) is 0. The predicted octanol–water partition coefficient (Wildman–Crippen LogP) is 3.10. The molecular weight excluding hydrogens is 291 g/mol. The number of benzene rings is 2. The fourth-order valence-corrected chi connectivity index (χ4v) is 3.37. The van der Waals surface area contributed by atoms with Crippen molar-refractivity contribution in [3.05, 3.63) is 65.0 Å². The number of sulfone groups is 1. The topological polar surface area (TPSA) is 51.2 Å². The van der Waals surface area contributed by atoms with Crippen LogP contribution in [0.2, 0.25) is 0 Å². The van der Waals surface area contributed by atoms with Gasteiger partial charge in [0, 0.05) is 5.56 Å². The summed E-state index contributed by atoms with van der Waals surface area (Å²) in [4.78, 5) is 11.8. The molecule has 110 valence electrons. The van der Waals surface area contributed by atoms with Gasteiger partial charge in [0.15, 0.2) is 15.6 Å². The third-order valence-electron chi connectivity index (χ3n) is 3.19. The van der Waals surface area contributed by atoms with Gasteiger partial charge in [0.25, 0.3) is 0 Å². The average molecular weight is 306 g/mol. The summed E-state index contributed by atoms with van der Waals surface area (Å²) in [7, 11) is -3.99. The van der Waals surface area contributed by atoms with Crippen molar-refractivity contribution < 1.29 is 17.6 Å². The van der Waals surface area contributed by atoms with Crippen molar-refractivity contribution >= 4 is 15.6 Å². The lowest BCUT2D eigenvalue weighted by Crippen LogP contribution is -2.18. The van der Waals surface area contributed by atoms with Gasteiger partial charge in [-0.3, -0.25) is 4.79 Å². The van der Waals surface area contributed by atoms with E-state index >= 15 is 0 Å². The Hall–Kier alpha value is -2.01. The number of halogens is 1. The molecule has 0 atom stereocenters. The molecule has 0 heterocycles. The normalized spacial score (nSPS) is 11.4. The van der Waals surface area contributed by atoms with Gasteiger partial charge in [-0.15, -0.1) is 0 Å². The second-order valence-corrected chi connectivity index (χ2v) is 6.89. The predicted molar refractivity (Wildman–Crippen MR) is 78.7 cm³/mol. The van der Waals surface area contributed by atoms with Crippen LogP contribution in [0.15, 0.2) is 47.4 Å². The Bertz CT molecular complexity index is 795. The molecule has 0 saturated carbocycles. The molecule has 0 aliphatic carbocycles. The van der Waals surface area contributed by atoms with Gasteiger partial charge >= 0.3 is 0 Å². The summed E-state index contributed by atoms with van der Waals surface area (Å²) in [6, 6.07) is 10.3. The molecule has 0 radical (unpaired) electrons. The van der Waals surface area contributed by atoms with E-state index in [-0.39, 0.29) is 0 Å². The molecule has 0 spiro atoms. The van der Waals surface area contributed by atoms with Crippen molar-refractivity contribution in [2.75, 3.05) is 5.75 Å². The maximum atomic E-state index is 13.6. The molecule has 0 aliphatic heterocycles. The van der Waals surface area contributed by atoms with Gasteiger partial charge < -0.3 is 0 Å². The van der Waals surface area contributed by atoms with Crippen LogP contribution in [0.1, 0.15) is 21.5 Å². The SMILES string of the molecule is Cc1ccc(C)c(C(=O)CS(=O)(=O)c2ccccc2F)c1. The number of hydrogen-bond acceptors (Lipinski definition) is 3. The summed E-state index contributed by atoms with van der Waals surface area (Å²) in [5.74, 6) is -2.11. The van der Waals surface area contributed by atoms with E-state index < -0.39 is 32.1 Å². The van der Waals surface area contributed by atoms with Crippen molar-refractivity contribution in [1.82, 2.24) is 0 Å². The number of ketones is 1. The first-order valence-corrected chi connectivity index (χ1v) is 8.04. The Balaban J connectivity index is 2.35. The van der Waals surface area contributed by atoms with Crippen molar-refractivity contribution in [3.8, 4) is 0 Å². The Kier molecular flexibility index (Phi) is 4.23. The van der Waals surface area contributed by atoms with Gasteiger partial charge in [0.05, 0.1) is 0 Å². The van der Waals surface area contributed by atoms with Crippen molar-refractivity contribution in [1.29, 1.82) is 0 Å². The summed E-state index contributed by atoms with van der Waals surface area (Å²) in [5.41, 5.74) is 1.93. The monoisotopic (exact) mass is 306 g/mol. The number of carbonyl (C=O) groups is 1. The first-order chi connectivity index (χ1) is 9.81.